The van der Waals surface area contributed by atoms with Crippen molar-refractivity contribution in [3.05, 3.63) is 107 Å². The number of methoxy groups -OCH3 is 1. The lowest BCUT2D eigenvalue weighted by molar-refractivity contribution is 0.305. The summed E-state index contributed by atoms with van der Waals surface area (Å²) in [4.78, 5) is 0. The zero-order valence-corrected chi connectivity index (χ0v) is 19.9. The number of ether oxygens (including phenoxy) is 2. The molecule has 0 bridgehead atoms. The molecule has 1 aliphatic carbocycles. The average Bonchev–Trinajstić information content (AvgIpc) is 2.98. The number of rotatable bonds is 4. The molecular formula is C30H34O2. The molecule has 3 aromatic rings. The quantitative estimate of drug-likeness (QED) is 0.415. The summed E-state index contributed by atoms with van der Waals surface area (Å²) in [7, 11) is 1.73. The van der Waals surface area contributed by atoms with Gasteiger partial charge in [0.05, 0.1) is 7.11 Å². The molecule has 32 heavy (non-hydrogen) atoms. The Morgan fingerprint density at radius 2 is 1.41 bits per heavy atom. The summed E-state index contributed by atoms with van der Waals surface area (Å²) in [6.45, 7) is 8.63. The van der Waals surface area contributed by atoms with Gasteiger partial charge in [-0.25, -0.2) is 0 Å². The molecule has 0 aromatic heterocycles. The third-order valence-electron chi connectivity index (χ3n) is 6.00. The first kappa shape index (κ1) is 23.4. The Labute approximate surface area is 193 Å². The van der Waals surface area contributed by atoms with E-state index in [9.17, 15) is 0 Å². The SMILES string of the molecule is COC1=CCC[C@H](C)C(C)=C1.Cc1ccc(Oc2ccc(-c3ccccc3)cc2)cc1C. The van der Waals surface area contributed by atoms with Gasteiger partial charge in [0.1, 0.15) is 17.3 Å². The summed E-state index contributed by atoms with van der Waals surface area (Å²) in [5.74, 6) is 3.47. The molecule has 4 rings (SSSR count). The Balaban J connectivity index is 0.000000222. The van der Waals surface area contributed by atoms with Crippen LogP contribution in [0.25, 0.3) is 11.1 Å². The Bertz CT molecular complexity index is 1060. The van der Waals surface area contributed by atoms with Gasteiger partial charge >= 0.3 is 0 Å². The van der Waals surface area contributed by atoms with Gasteiger partial charge < -0.3 is 9.47 Å². The van der Waals surface area contributed by atoms with Gasteiger partial charge in [-0.3, -0.25) is 0 Å². The molecule has 166 valence electrons. The van der Waals surface area contributed by atoms with Crippen molar-refractivity contribution in [3.63, 3.8) is 0 Å². The second-order valence-corrected chi connectivity index (χ2v) is 8.42. The van der Waals surface area contributed by atoms with Crippen molar-refractivity contribution in [2.45, 2.75) is 40.5 Å². The van der Waals surface area contributed by atoms with E-state index in [1.807, 2.05) is 24.3 Å². The first-order chi connectivity index (χ1) is 15.5. The maximum absolute atomic E-state index is 5.91. The fourth-order valence-electron chi connectivity index (χ4n) is 3.53. The van der Waals surface area contributed by atoms with Crippen LogP contribution in [0.5, 0.6) is 11.5 Å². The van der Waals surface area contributed by atoms with E-state index < -0.39 is 0 Å². The molecule has 0 N–H and O–H groups in total. The van der Waals surface area contributed by atoms with Crippen LogP contribution in [0.3, 0.4) is 0 Å². The lowest BCUT2D eigenvalue weighted by atomic mass is 9.99. The summed E-state index contributed by atoms with van der Waals surface area (Å²) in [5.41, 5.74) is 6.36. The van der Waals surface area contributed by atoms with E-state index >= 15 is 0 Å². The van der Waals surface area contributed by atoms with Crippen LogP contribution in [0.2, 0.25) is 0 Å². The first-order valence-electron chi connectivity index (χ1n) is 11.3. The van der Waals surface area contributed by atoms with Gasteiger partial charge in [-0.05, 0) is 98.2 Å². The molecule has 0 amide bonds. The van der Waals surface area contributed by atoms with E-state index in [0.717, 1.165) is 23.7 Å². The molecule has 0 radical (unpaired) electrons. The number of aryl methyl sites for hydroxylation is 2. The van der Waals surface area contributed by atoms with E-state index in [1.54, 1.807) is 7.11 Å². The Kier molecular flexibility index (Phi) is 8.33. The van der Waals surface area contributed by atoms with Crippen molar-refractivity contribution in [1.82, 2.24) is 0 Å². The first-order valence-corrected chi connectivity index (χ1v) is 11.3. The van der Waals surface area contributed by atoms with E-state index in [0.29, 0.717) is 5.92 Å². The topological polar surface area (TPSA) is 18.5 Å². The molecule has 0 saturated carbocycles. The maximum atomic E-state index is 5.91. The fraction of sp³-hybridized carbons (Fsp3) is 0.267. The summed E-state index contributed by atoms with van der Waals surface area (Å²) in [5, 5.41) is 0. The molecular weight excluding hydrogens is 392 g/mol. The molecule has 0 fully saturated rings. The molecule has 0 saturated heterocycles. The molecule has 2 nitrogen and oxygen atoms in total. The molecule has 1 aliphatic rings. The molecule has 0 unspecified atom stereocenters. The van der Waals surface area contributed by atoms with Crippen LogP contribution in [-0.2, 0) is 4.74 Å². The average molecular weight is 427 g/mol. The van der Waals surface area contributed by atoms with Crippen molar-refractivity contribution in [1.29, 1.82) is 0 Å². The zero-order chi connectivity index (χ0) is 22.9. The Morgan fingerprint density at radius 3 is 2.06 bits per heavy atom. The van der Waals surface area contributed by atoms with Gasteiger partial charge in [0.2, 0.25) is 0 Å². The summed E-state index contributed by atoms with van der Waals surface area (Å²) < 4.78 is 11.1. The zero-order valence-electron chi connectivity index (χ0n) is 19.9. The third-order valence-corrected chi connectivity index (χ3v) is 6.00. The summed E-state index contributed by atoms with van der Waals surface area (Å²) in [6, 6.07) is 24.7. The third kappa shape index (κ3) is 6.62. The lowest BCUT2D eigenvalue weighted by Crippen LogP contribution is -1.93. The maximum Gasteiger partial charge on any atom is 0.127 e. The molecule has 0 heterocycles. The highest BCUT2D eigenvalue weighted by molar-refractivity contribution is 5.64. The van der Waals surface area contributed by atoms with E-state index in [-0.39, 0.29) is 0 Å². The van der Waals surface area contributed by atoms with Crippen LogP contribution >= 0.6 is 0 Å². The highest BCUT2D eigenvalue weighted by Gasteiger charge is 2.08. The standard InChI is InChI=1S/C20H18O.C10H16O/c1-15-8-11-20(14-16(15)2)21-19-12-9-18(10-13-19)17-6-4-3-5-7-17;1-8-5-4-6-10(11-3)7-9(8)2/h3-14H,1-2H3;6-8H,4-5H2,1-3H3/t;8-/m.0/s1. The predicted octanol–water partition coefficient (Wildman–Crippen LogP) is 8.66. The second kappa shape index (κ2) is 11.4. The van der Waals surface area contributed by atoms with Crippen molar-refractivity contribution in [2.24, 2.45) is 5.92 Å². The minimum Gasteiger partial charge on any atom is -0.497 e. The molecule has 3 aromatic carbocycles. The molecule has 2 heteroatoms. The van der Waals surface area contributed by atoms with Crippen molar-refractivity contribution in [2.75, 3.05) is 7.11 Å². The van der Waals surface area contributed by atoms with Gasteiger partial charge in [-0.2, -0.15) is 0 Å². The largest absolute Gasteiger partial charge is 0.497 e. The Hall–Kier alpha value is -3.26. The number of hydrogen-bond acceptors (Lipinski definition) is 2. The Morgan fingerprint density at radius 1 is 0.750 bits per heavy atom. The smallest absolute Gasteiger partial charge is 0.127 e. The summed E-state index contributed by atoms with van der Waals surface area (Å²) >= 11 is 0. The normalized spacial score (nSPS) is 15.5. The van der Waals surface area contributed by atoms with Crippen molar-refractivity contribution in [3.8, 4) is 22.6 Å². The van der Waals surface area contributed by atoms with Crippen LogP contribution in [0.15, 0.2) is 96.3 Å². The van der Waals surface area contributed by atoms with Gasteiger partial charge in [-0.15, -0.1) is 0 Å². The fourth-order valence-corrected chi connectivity index (χ4v) is 3.53. The summed E-state index contributed by atoms with van der Waals surface area (Å²) in [6.07, 6.45) is 6.68. The van der Waals surface area contributed by atoms with E-state index in [1.165, 1.54) is 34.2 Å². The number of hydrogen-bond donors (Lipinski definition) is 0. The van der Waals surface area contributed by atoms with Crippen LogP contribution in [0.4, 0.5) is 0 Å². The minimum absolute atomic E-state index is 0.707. The van der Waals surface area contributed by atoms with E-state index in [2.05, 4.69) is 88.4 Å². The predicted molar refractivity (Wildman–Crippen MR) is 135 cm³/mol. The monoisotopic (exact) mass is 426 g/mol. The van der Waals surface area contributed by atoms with Crippen molar-refractivity contribution >= 4 is 0 Å². The molecule has 0 aliphatic heterocycles. The van der Waals surface area contributed by atoms with Crippen LogP contribution in [0.1, 0.15) is 37.8 Å². The van der Waals surface area contributed by atoms with Gasteiger partial charge in [-0.1, -0.05) is 61.0 Å². The minimum atomic E-state index is 0.707. The number of allylic oxidation sites excluding steroid dienone is 3. The van der Waals surface area contributed by atoms with Gasteiger partial charge in [0.25, 0.3) is 0 Å². The second-order valence-electron chi connectivity index (χ2n) is 8.42. The van der Waals surface area contributed by atoms with Gasteiger partial charge in [0, 0.05) is 0 Å². The molecule has 0 spiro atoms. The van der Waals surface area contributed by atoms with Crippen LogP contribution < -0.4 is 4.74 Å². The van der Waals surface area contributed by atoms with Crippen LogP contribution in [0, 0.1) is 19.8 Å². The highest BCUT2D eigenvalue weighted by Crippen LogP contribution is 2.27. The van der Waals surface area contributed by atoms with Crippen LogP contribution in [-0.4, -0.2) is 7.11 Å². The molecule has 1 atom stereocenters. The van der Waals surface area contributed by atoms with Crippen molar-refractivity contribution < 1.29 is 9.47 Å². The lowest BCUT2D eigenvalue weighted by Gasteiger charge is -2.09. The van der Waals surface area contributed by atoms with E-state index in [4.69, 9.17) is 9.47 Å². The number of benzene rings is 3. The van der Waals surface area contributed by atoms with Gasteiger partial charge in [0.15, 0.2) is 0 Å². The highest BCUT2D eigenvalue weighted by atomic mass is 16.5.